The summed E-state index contributed by atoms with van der Waals surface area (Å²) in [6, 6.07) is 15.7. The number of nitrogens with one attached hydrogen (secondary N) is 2. The number of furan rings is 1. The van der Waals surface area contributed by atoms with Gasteiger partial charge in [0, 0.05) is 18.7 Å². The highest BCUT2D eigenvalue weighted by Gasteiger charge is 2.34. The first-order chi connectivity index (χ1) is 16.9. The van der Waals surface area contributed by atoms with Gasteiger partial charge in [0.05, 0.1) is 18.4 Å². The van der Waals surface area contributed by atoms with Crippen molar-refractivity contribution in [1.82, 2.24) is 15.5 Å². The van der Waals surface area contributed by atoms with Crippen molar-refractivity contribution in [1.29, 1.82) is 0 Å². The van der Waals surface area contributed by atoms with E-state index >= 15 is 0 Å². The van der Waals surface area contributed by atoms with Crippen LogP contribution in [0.4, 0.5) is 4.39 Å². The number of aryl methyl sites for hydroxylation is 1. The standard InChI is InChI=1S/C27H28FN3O4/c1-18-8-10-20(11-9-18)25(32)30-24(26(33)29-17-21-5-4-16-35-21)19-12-14-31(15-13-19)27(34)22-6-2-3-7-23(22)28/h2-11,16,19,24H,12-15,17H2,1H3,(H,29,33)(H,30,32)/t24-/m0/s1. The van der Waals surface area contributed by atoms with Crippen molar-refractivity contribution in [2.24, 2.45) is 5.92 Å². The van der Waals surface area contributed by atoms with Crippen molar-refractivity contribution < 1.29 is 23.2 Å². The highest BCUT2D eigenvalue weighted by molar-refractivity contribution is 5.98. The Morgan fingerprint density at radius 2 is 1.74 bits per heavy atom. The molecule has 7 nitrogen and oxygen atoms in total. The minimum Gasteiger partial charge on any atom is -0.467 e. The molecule has 35 heavy (non-hydrogen) atoms. The molecule has 1 aliphatic rings. The Balaban J connectivity index is 1.44. The predicted molar refractivity (Wildman–Crippen MR) is 128 cm³/mol. The van der Waals surface area contributed by atoms with Gasteiger partial charge < -0.3 is 20.0 Å². The van der Waals surface area contributed by atoms with Crippen molar-refractivity contribution in [2.45, 2.75) is 32.4 Å². The molecule has 0 aliphatic carbocycles. The zero-order chi connectivity index (χ0) is 24.8. The van der Waals surface area contributed by atoms with E-state index in [2.05, 4.69) is 10.6 Å². The molecule has 0 unspecified atom stereocenters. The molecule has 8 heteroatoms. The average molecular weight is 478 g/mol. The second kappa shape index (κ2) is 11.0. The molecule has 1 atom stereocenters. The minimum absolute atomic E-state index is 0.0337. The quantitative estimate of drug-likeness (QED) is 0.543. The second-order valence-corrected chi connectivity index (χ2v) is 8.72. The van der Waals surface area contributed by atoms with E-state index in [0.29, 0.717) is 37.3 Å². The molecule has 2 N–H and O–H groups in total. The molecule has 0 spiro atoms. The Hall–Kier alpha value is -3.94. The zero-order valence-electron chi connectivity index (χ0n) is 19.5. The number of piperidine rings is 1. The fraction of sp³-hybridized carbons (Fsp3) is 0.296. The molecule has 2 aromatic carbocycles. The number of hydrogen-bond acceptors (Lipinski definition) is 4. The number of nitrogens with zero attached hydrogens (tertiary/aromatic N) is 1. The van der Waals surface area contributed by atoms with Crippen LogP contribution in [0, 0.1) is 18.7 Å². The van der Waals surface area contributed by atoms with Gasteiger partial charge >= 0.3 is 0 Å². The summed E-state index contributed by atoms with van der Waals surface area (Å²) in [5.74, 6) is -1.17. The van der Waals surface area contributed by atoms with Crippen LogP contribution in [-0.2, 0) is 11.3 Å². The first-order valence-electron chi connectivity index (χ1n) is 11.6. The molecule has 3 amide bonds. The van der Waals surface area contributed by atoms with Gasteiger partial charge in [0.1, 0.15) is 17.6 Å². The normalized spacial score (nSPS) is 14.9. The molecule has 1 aromatic heterocycles. The van der Waals surface area contributed by atoms with Gasteiger partial charge in [0.25, 0.3) is 11.8 Å². The highest BCUT2D eigenvalue weighted by Crippen LogP contribution is 2.24. The van der Waals surface area contributed by atoms with E-state index < -0.39 is 11.9 Å². The maximum absolute atomic E-state index is 14.1. The summed E-state index contributed by atoms with van der Waals surface area (Å²) in [6.07, 6.45) is 2.51. The van der Waals surface area contributed by atoms with Crippen LogP contribution >= 0.6 is 0 Å². The lowest BCUT2D eigenvalue weighted by Crippen LogP contribution is -2.53. The molecule has 3 aromatic rings. The van der Waals surface area contributed by atoms with Crippen molar-refractivity contribution in [3.63, 3.8) is 0 Å². The maximum atomic E-state index is 14.1. The van der Waals surface area contributed by atoms with E-state index in [4.69, 9.17) is 4.42 Å². The summed E-state index contributed by atoms with van der Waals surface area (Å²) in [4.78, 5) is 40.4. The number of carbonyl (C=O) groups is 3. The molecule has 1 fully saturated rings. The number of halogens is 1. The smallest absolute Gasteiger partial charge is 0.256 e. The van der Waals surface area contributed by atoms with Crippen molar-refractivity contribution >= 4 is 17.7 Å². The van der Waals surface area contributed by atoms with E-state index in [1.165, 1.54) is 18.4 Å². The molecule has 1 saturated heterocycles. The third-order valence-electron chi connectivity index (χ3n) is 6.30. The number of rotatable bonds is 7. The van der Waals surface area contributed by atoms with Gasteiger partial charge in [-0.25, -0.2) is 4.39 Å². The Morgan fingerprint density at radius 3 is 2.40 bits per heavy atom. The topological polar surface area (TPSA) is 91.7 Å². The van der Waals surface area contributed by atoms with E-state index in [-0.39, 0.29) is 35.7 Å². The lowest BCUT2D eigenvalue weighted by atomic mass is 9.88. The third-order valence-corrected chi connectivity index (χ3v) is 6.30. The molecule has 0 saturated carbocycles. The van der Waals surface area contributed by atoms with Gasteiger partial charge in [-0.2, -0.15) is 0 Å². The minimum atomic E-state index is -0.788. The summed E-state index contributed by atoms with van der Waals surface area (Å²) < 4.78 is 19.4. The number of carbonyl (C=O) groups excluding carboxylic acids is 3. The fourth-order valence-electron chi connectivity index (χ4n) is 4.27. The van der Waals surface area contributed by atoms with Gasteiger partial charge in [-0.1, -0.05) is 29.8 Å². The molecule has 0 radical (unpaired) electrons. The number of likely N-dealkylation sites (tertiary alicyclic amines) is 1. The molecular weight excluding hydrogens is 449 g/mol. The average Bonchev–Trinajstić information content (AvgIpc) is 3.40. The number of benzene rings is 2. The van der Waals surface area contributed by atoms with Crippen LogP contribution in [0.1, 0.15) is 44.9 Å². The van der Waals surface area contributed by atoms with Gasteiger partial charge in [0.15, 0.2) is 0 Å². The van der Waals surface area contributed by atoms with E-state index in [0.717, 1.165) is 5.56 Å². The van der Waals surface area contributed by atoms with Crippen molar-refractivity contribution in [3.05, 3.63) is 95.2 Å². The van der Waals surface area contributed by atoms with Crippen LogP contribution in [0.15, 0.2) is 71.3 Å². The maximum Gasteiger partial charge on any atom is 0.256 e. The van der Waals surface area contributed by atoms with Gasteiger partial charge in [0.2, 0.25) is 5.91 Å². The number of hydrogen-bond donors (Lipinski definition) is 2. The Morgan fingerprint density at radius 1 is 1.03 bits per heavy atom. The molecule has 2 heterocycles. The second-order valence-electron chi connectivity index (χ2n) is 8.72. The fourth-order valence-corrected chi connectivity index (χ4v) is 4.27. The van der Waals surface area contributed by atoms with Gasteiger partial charge in [-0.05, 0) is 62.1 Å². The molecule has 1 aliphatic heterocycles. The third kappa shape index (κ3) is 5.95. The molecule has 4 rings (SSSR count). The summed E-state index contributed by atoms with van der Waals surface area (Å²) in [5, 5.41) is 5.73. The van der Waals surface area contributed by atoms with Gasteiger partial charge in [-0.15, -0.1) is 0 Å². The Labute approximate surface area is 203 Å². The van der Waals surface area contributed by atoms with Crippen LogP contribution in [-0.4, -0.2) is 41.8 Å². The monoisotopic (exact) mass is 477 g/mol. The van der Waals surface area contributed by atoms with Crippen LogP contribution in [0.5, 0.6) is 0 Å². The Kier molecular flexibility index (Phi) is 7.60. The molecule has 182 valence electrons. The van der Waals surface area contributed by atoms with Crippen LogP contribution < -0.4 is 10.6 Å². The van der Waals surface area contributed by atoms with E-state index in [1.807, 2.05) is 19.1 Å². The van der Waals surface area contributed by atoms with Crippen LogP contribution in [0.2, 0.25) is 0 Å². The SMILES string of the molecule is Cc1ccc(C(=O)N[C@H](C(=O)NCc2ccco2)C2CCN(C(=O)c3ccccc3F)CC2)cc1. The van der Waals surface area contributed by atoms with E-state index in [1.54, 1.807) is 41.3 Å². The van der Waals surface area contributed by atoms with Crippen LogP contribution in [0.3, 0.4) is 0 Å². The summed E-state index contributed by atoms with van der Waals surface area (Å²) in [6.45, 7) is 2.86. The Bertz CT molecular complexity index is 1170. The first kappa shape index (κ1) is 24.2. The lowest BCUT2D eigenvalue weighted by molar-refractivity contribution is -0.124. The van der Waals surface area contributed by atoms with Gasteiger partial charge in [-0.3, -0.25) is 14.4 Å². The first-order valence-corrected chi connectivity index (χ1v) is 11.6. The molecular formula is C27H28FN3O4. The lowest BCUT2D eigenvalue weighted by Gasteiger charge is -2.36. The van der Waals surface area contributed by atoms with E-state index in [9.17, 15) is 18.8 Å². The zero-order valence-corrected chi connectivity index (χ0v) is 19.5. The summed E-state index contributed by atoms with van der Waals surface area (Å²) in [7, 11) is 0. The summed E-state index contributed by atoms with van der Waals surface area (Å²) >= 11 is 0. The van der Waals surface area contributed by atoms with Crippen molar-refractivity contribution in [2.75, 3.05) is 13.1 Å². The predicted octanol–water partition coefficient (Wildman–Crippen LogP) is 3.69. The number of amides is 3. The molecule has 0 bridgehead atoms. The van der Waals surface area contributed by atoms with Crippen molar-refractivity contribution in [3.8, 4) is 0 Å². The highest BCUT2D eigenvalue weighted by atomic mass is 19.1. The summed E-state index contributed by atoms with van der Waals surface area (Å²) in [5.41, 5.74) is 1.53. The largest absolute Gasteiger partial charge is 0.467 e. The van der Waals surface area contributed by atoms with Crippen LogP contribution in [0.25, 0.3) is 0 Å².